The van der Waals surface area contributed by atoms with E-state index in [1.54, 1.807) is 25.8 Å². The summed E-state index contributed by atoms with van der Waals surface area (Å²) in [5, 5.41) is 27.5. The number of ether oxygens (including phenoxy) is 1. The number of aromatic nitrogens is 4. The summed E-state index contributed by atoms with van der Waals surface area (Å²) in [5.74, 6) is 0.628. The van der Waals surface area contributed by atoms with Gasteiger partial charge in [-0.15, -0.1) is 10.2 Å². The summed E-state index contributed by atoms with van der Waals surface area (Å²) >= 11 is 3.09. The lowest BCUT2D eigenvalue weighted by Gasteiger charge is -2.08. The highest BCUT2D eigenvalue weighted by atomic mass is 32.2. The summed E-state index contributed by atoms with van der Waals surface area (Å²) in [4.78, 5) is 22.2. The van der Waals surface area contributed by atoms with E-state index in [1.165, 1.54) is 28.3 Å². The molecule has 1 N–H and O–H groups in total. The van der Waals surface area contributed by atoms with E-state index in [0.29, 0.717) is 11.4 Å². The predicted molar refractivity (Wildman–Crippen MR) is 117 cm³/mol. The van der Waals surface area contributed by atoms with Crippen LogP contribution in [-0.4, -0.2) is 44.1 Å². The molecule has 11 nitrogen and oxygen atoms in total. The summed E-state index contributed by atoms with van der Waals surface area (Å²) in [6.45, 7) is 3.36. The Morgan fingerprint density at radius 1 is 1.39 bits per heavy atom. The lowest BCUT2D eigenvalue weighted by Crippen LogP contribution is -2.24. The molecule has 0 radical (unpaired) electrons. The molecule has 0 bridgehead atoms. The number of nitro groups is 1. The fourth-order valence-electron chi connectivity index (χ4n) is 2.56. The van der Waals surface area contributed by atoms with E-state index >= 15 is 0 Å². The third-order valence-corrected chi connectivity index (χ3v) is 6.04. The van der Waals surface area contributed by atoms with Crippen molar-refractivity contribution in [2.24, 2.45) is 5.10 Å². The quantitative estimate of drug-likeness (QED) is 0.222. The van der Waals surface area contributed by atoms with Crippen molar-refractivity contribution in [1.29, 1.82) is 0 Å². The molecule has 0 aliphatic carbocycles. The molecule has 0 aliphatic rings. The Labute approximate surface area is 185 Å². The van der Waals surface area contributed by atoms with Gasteiger partial charge in [-0.3, -0.25) is 4.79 Å². The number of amides is 1. The van der Waals surface area contributed by atoms with Crippen LogP contribution in [0.25, 0.3) is 0 Å². The second kappa shape index (κ2) is 10.1. The molecule has 3 rings (SSSR count). The molecule has 31 heavy (non-hydrogen) atoms. The Bertz CT molecular complexity index is 1130. The smallest absolute Gasteiger partial charge is 0.390 e. The minimum absolute atomic E-state index is 0.178. The van der Waals surface area contributed by atoms with Gasteiger partial charge in [0.25, 0.3) is 5.91 Å². The van der Waals surface area contributed by atoms with Crippen molar-refractivity contribution < 1.29 is 14.5 Å². The molecule has 2 heterocycles. The van der Waals surface area contributed by atoms with Crippen LogP contribution in [-0.2, 0) is 17.1 Å². The molecule has 0 unspecified atom stereocenters. The Morgan fingerprint density at radius 3 is 2.84 bits per heavy atom. The normalized spacial score (nSPS) is 11.1. The number of methoxy groups -OCH3 is 1. The second-order valence-corrected chi connectivity index (χ2v) is 8.70. The molecule has 1 aromatic carbocycles. The standard InChI is InChI=1S/C18H19N7O4S2/c1-11-6-16(25(27)28)23-24(11)9-17(26)21-19-8-13-4-5-15(29-3)14(7-13)10-30-18-22-20-12(2)31-18/h4-8H,9-10H2,1-3H3,(H,21,26)/b19-8+. The van der Waals surface area contributed by atoms with E-state index in [-0.39, 0.29) is 12.4 Å². The molecule has 0 spiro atoms. The first-order valence-electron chi connectivity index (χ1n) is 8.96. The molecule has 0 atom stereocenters. The number of hydrazone groups is 1. The fourth-order valence-corrected chi connectivity index (χ4v) is 4.35. The van der Waals surface area contributed by atoms with Crippen LogP contribution in [0.15, 0.2) is 33.7 Å². The third kappa shape index (κ3) is 6.08. The minimum Gasteiger partial charge on any atom is -0.496 e. The maximum atomic E-state index is 12.1. The van der Waals surface area contributed by atoms with Crippen LogP contribution < -0.4 is 10.2 Å². The van der Waals surface area contributed by atoms with Gasteiger partial charge in [-0.1, -0.05) is 23.1 Å². The highest BCUT2D eigenvalue weighted by Gasteiger charge is 2.17. The molecule has 162 valence electrons. The number of nitrogens with one attached hydrogen (secondary N) is 1. The van der Waals surface area contributed by atoms with Crippen molar-refractivity contribution in [3.05, 3.63) is 56.2 Å². The van der Waals surface area contributed by atoms with Gasteiger partial charge in [0.05, 0.1) is 30.2 Å². The van der Waals surface area contributed by atoms with E-state index in [2.05, 4.69) is 25.8 Å². The summed E-state index contributed by atoms with van der Waals surface area (Å²) < 4.78 is 7.54. The number of rotatable bonds is 9. The monoisotopic (exact) mass is 461 g/mol. The van der Waals surface area contributed by atoms with Crippen molar-refractivity contribution in [3.63, 3.8) is 0 Å². The third-order valence-electron chi connectivity index (χ3n) is 4.01. The van der Waals surface area contributed by atoms with E-state index in [4.69, 9.17) is 4.74 Å². The van der Waals surface area contributed by atoms with Crippen molar-refractivity contribution in [2.75, 3.05) is 7.11 Å². The predicted octanol–water partition coefficient (Wildman–Crippen LogP) is 2.71. The van der Waals surface area contributed by atoms with E-state index in [0.717, 1.165) is 26.2 Å². The first kappa shape index (κ1) is 22.4. The number of carbonyl (C=O) groups excluding carboxylic acids is 1. The number of benzene rings is 1. The van der Waals surface area contributed by atoms with Gasteiger partial charge in [-0.2, -0.15) is 9.78 Å². The van der Waals surface area contributed by atoms with Crippen molar-refractivity contribution >= 4 is 41.0 Å². The van der Waals surface area contributed by atoms with E-state index < -0.39 is 10.8 Å². The summed E-state index contributed by atoms with van der Waals surface area (Å²) in [6.07, 6.45) is 1.51. The van der Waals surface area contributed by atoms with Crippen molar-refractivity contribution in [1.82, 2.24) is 25.4 Å². The molecular weight excluding hydrogens is 442 g/mol. The van der Waals surface area contributed by atoms with E-state index in [9.17, 15) is 14.9 Å². The molecule has 0 aliphatic heterocycles. The van der Waals surface area contributed by atoms with Crippen molar-refractivity contribution in [3.8, 4) is 5.75 Å². The molecule has 2 aromatic heterocycles. The second-order valence-electron chi connectivity index (χ2n) is 6.30. The molecule has 0 saturated heterocycles. The highest BCUT2D eigenvalue weighted by molar-refractivity contribution is 8.00. The Hall–Kier alpha value is -3.32. The minimum atomic E-state index is -0.606. The van der Waals surface area contributed by atoms with Gasteiger partial charge in [-0.25, -0.2) is 5.43 Å². The summed E-state index contributed by atoms with van der Waals surface area (Å²) in [7, 11) is 1.61. The maximum Gasteiger partial charge on any atom is 0.390 e. The number of thioether (sulfide) groups is 1. The fraction of sp³-hybridized carbons (Fsp3) is 0.278. The Kier molecular flexibility index (Phi) is 7.31. The largest absolute Gasteiger partial charge is 0.496 e. The van der Waals surface area contributed by atoms with E-state index in [1.807, 2.05) is 25.1 Å². The zero-order valence-corrected chi connectivity index (χ0v) is 18.6. The lowest BCUT2D eigenvalue weighted by molar-refractivity contribution is -0.389. The molecule has 0 saturated carbocycles. The number of hydrogen-bond acceptors (Lipinski definition) is 10. The van der Waals surface area contributed by atoms with Crippen LogP contribution in [0.2, 0.25) is 0 Å². The van der Waals surface area contributed by atoms with Gasteiger partial charge >= 0.3 is 5.82 Å². The number of hydrogen-bond donors (Lipinski definition) is 1. The van der Waals surface area contributed by atoms with Gasteiger partial charge in [0.15, 0.2) is 4.34 Å². The molecule has 3 aromatic rings. The lowest BCUT2D eigenvalue weighted by atomic mass is 10.1. The SMILES string of the molecule is COc1ccc(/C=N/NC(=O)Cn2nc([N+](=O)[O-])cc2C)cc1CSc1nnc(C)s1. The summed E-state index contributed by atoms with van der Waals surface area (Å²) in [6, 6.07) is 6.86. The van der Waals surface area contributed by atoms with Crippen LogP contribution in [0.3, 0.4) is 0 Å². The topological polar surface area (TPSA) is 137 Å². The highest BCUT2D eigenvalue weighted by Crippen LogP contribution is 2.30. The number of aryl methyl sites for hydroxylation is 2. The van der Waals surface area contributed by atoms with Gasteiger partial charge in [-0.05, 0) is 42.5 Å². The molecular formula is C18H19N7O4S2. The van der Waals surface area contributed by atoms with Gasteiger partial charge < -0.3 is 14.9 Å². The van der Waals surface area contributed by atoms with Crippen molar-refractivity contribution in [2.45, 2.75) is 30.5 Å². The molecule has 0 fully saturated rings. The molecule has 13 heteroatoms. The summed E-state index contributed by atoms with van der Waals surface area (Å²) in [5.41, 5.74) is 4.64. The Balaban J connectivity index is 1.60. The number of carbonyl (C=O) groups is 1. The van der Waals surface area contributed by atoms with Crippen LogP contribution in [0.5, 0.6) is 5.75 Å². The number of nitrogens with zero attached hydrogens (tertiary/aromatic N) is 6. The first-order chi connectivity index (χ1) is 14.9. The average molecular weight is 462 g/mol. The average Bonchev–Trinajstić information content (AvgIpc) is 3.32. The van der Waals surface area contributed by atoms with Gasteiger partial charge in [0.1, 0.15) is 17.3 Å². The zero-order chi connectivity index (χ0) is 22.4. The zero-order valence-electron chi connectivity index (χ0n) is 16.9. The first-order valence-corrected chi connectivity index (χ1v) is 10.8. The van der Waals surface area contributed by atoms with Gasteiger partial charge in [0.2, 0.25) is 0 Å². The maximum absolute atomic E-state index is 12.1. The van der Waals surface area contributed by atoms with Crippen LogP contribution in [0.1, 0.15) is 21.8 Å². The Morgan fingerprint density at radius 2 is 2.19 bits per heavy atom. The van der Waals surface area contributed by atoms with Crippen LogP contribution >= 0.6 is 23.1 Å². The van der Waals surface area contributed by atoms with Crippen LogP contribution in [0.4, 0.5) is 5.82 Å². The van der Waals surface area contributed by atoms with Crippen LogP contribution in [0, 0.1) is 24.0 Å². The molecule has 1 amide bonds. The van der Waals surface area contributed by atoms with Gasteiger partial charge in [0, 0.05) is 11.3 Å².